The molecule has 1 heterocycles. The zero-order valence-electron chi connectivity index (χ0n) is 11.9. The van der Waals surface area contributed by atoms with Gasteiger partial charge in [0.2, 0.25) is 5.91 Å². The number of aromatic nitrogens is 3. The van der Waals surface area contributed by atoms with E-state index in [0.29, 0.717) is 6.54 Å². The molecule has 1 unspecified atom stereocenters. The van der Waals surface area contributed by atoms with Crippen molar-refractivity contribution in [3.05, 3.63) is 11.4 Å². The lowest BCUT2D eigenvalue weighted by molar-refractivity contribution is -0.124. The molecule has 8 heteroatoms. The molecule has 0 fully saturated rings. The molecule has 1 amide bonds. The van der Waals surface area contributed by atoms with Crippen molar-refractivity contribution in [1.29, 1.82) is 0 Å². The van der Waals surface area contributed by atoms with Crippen molar-refractivity contribution in [2.24, 2.45) is 0 Å². The van der Waals surface area contributed by atoms with Crippen LogP contribution in [0.5, 0.6) is 0 Å². The Bertz CT molecular complexity index is 472. The third-order valence-electron chi connectivity index (χ3n) is 2.85. The maximum absolute atomic E-state index is 12.0. The van der Waals surface area contributed by atoms with Gasteiger partial charge in [-0.1, -0.05) is 18.6 Å². The largest absolute Gasteiger partial charge is 0.476 e. The van der Waals surface area contributed by atoms with E-state index in [2.05, 4.69) is 15.6 Å². The first-order valence-corrected chi connectivity index (χ1v) is 6.46. The van der Waals surface area contributed by atoms with Crippen LogP contribution >= 0.6 is 0 Å². The van der Waals surface area contributed by atoms with E-state index >= 15 is 0 Å². The topological polar surface area (TPSA) is 106 Å². The molecule has 0 saturated carbocycles. The Kier molecular flexibility index (Phi) is 6.10. The number of methoxy groups -OCH3 is 1. The summed E-state index contributed by atoms with van der Waals surface area (Å²) in [6, 6.07) is -0.641. The van der Waals surface area contributed by atoms with E-state index in [1.165, 1.54) is 11.8 Å². The van der Waals surface area contributed by atoms with Gasteiger partial charge in [0.05, 0.1) is 6.61 Å². The van der Waals surface area contributed by atoms with Gasteiger partial charge in [0.15, 0.2) is 5.69 Å². The van der Waals surface area contributed by atoms with Crippen molar-refractivity contribution < 1.29 is 19.4 Å². The number of hydrogen-bond acceptors (Lipinski definition) is 5. The van der Waals surface area contributed by atoms with Crippen molar-refractivity contribution in [2.45, 2.75) is 39.3 Å². The first kappa shape index (κ1) is 16.1. The van der Waals surface area contributed by atoms with Gasteiger partial charge >= 0.3 is 5.97 Å². The van der Waals surface area contributed by atoms with Gasteiger partial charge in [0.1, 0.15) is 11.7 Å². The average molecular weight is 284 g/mol. The van der Waals surface area contributed by atoms with E-state index in [1.54, 1.807) is 6.92 Å². The van der Waals surface area contributed by atoms with Gasteiger partial charge in [0.25, 0.3) is 0 Å². The first-order valence-electron chi connectivity index (χ1n) is 6.46. The summed E-state index contributed by atoms with van der Waals surface area (Å²) in [5.74, 6) is -1.42. The zero-order chi connectivity index (χ0) is 15.1. The van der Waals surface area contributed by atoms with E-state index in [0.717, 1.165) is 12.8 Å². The number of ether oxygens (including phenoxy) is 1. The van der Waals surface area contributed by atoms with Crippen molar-refractivity contribution in [2.75, 3.05) is 13.7 Å². The Hall–Kier alpha value is -1.96. The maximum atomic E-state index is 12.0. The predicted octanol–water partition coefficient (Wildman–Crippen LogP) is 0.600. The third-order valence-corrected chi connectivity index (χ3v) is 2.85. The highest BCUT2D eigenvalue weighted by molar-refractivity contribution is 5.87. The van der Waals surface area contributed by atoms with Crippen LogP contribution in [0.4, 0.5) is 0 Å². The molecule has 0 bridgehead atoms. The van der Waals surface area contributed by atoms with Crippen LogP contribution in [0, 0.1) is 0 Å². The van der Waals surface area contributed by atoms with Crippen molar-refractivity contribution in [3.63, 3.8) is 0 Å². The average Bonchev–Trinajstić information content (AvgIpc) is 2.82. The number of amides is 1. The number of hydrogen-bond donors (Lipinski definition) is 2. The summed E-state index contributed by atoms with van der Waals surface area (Å²) in [5.41, 5.74) is 0.0817. The summed E-state index contributed by atoms with van der Waals surface area (Å²) in [5, 5.41) is 19.1. The standard InChI is InChI=1S/C12H20N4O4/c1-4-5-6-13-11(17)8(2)16-9(7-20-3)10(12(18)19)14-15-16/h8H,4-7H2,1-3H3,(H,13,17)(H,18,19). The lowest BCUT2D eigenvalue weighted by atomic mass is 10.2. The fourth-order valence-corrected chi connectivity index (χ4v) is 1.71. The highest BCUT2D eigenvalue weighted by atomic mass is 16.5. The molecule has 0 aliphatic heterocycles. The zero-order valence-corrected chi connectivity index (χ0v) is 11.9. The number of carboxylic acids is 1. The molecule has 1 aromatic rings. The second-order valence-corrected chi connectivity index (χ2v) is 4.39. The van der Waals surface area contributed by atoms with Gasteiger partial charge in [-0.3, -0.25) is 4.79 Å². The van der Waals surface area contributed by atoms with Gasteiger partial charge in [-0.05, 0) is 13.3 Å². The number of carbonyl (C=O) groups is 2. The van der Waals surface area contributed by atoms with Crippen LogP contribution in [0.2, 0.25) is 0 Å². The summed E-state index contributed by atoms with van der Waals surface area (Å²) in [7, 11) is 1.44. The molecular formula is C12H20N4O4. The summed E-state index contributed by atoms with van der Waals surface area (Å²) in [6.07, 6.45) is 1.87. The minimum Gasteiger partial charge on any atom is -0.476 e. The molecule has 8 nitrogen and oxygen atoms in total. The van der Waals surface area contributed by atoms with Gasteiger partial charge in [0, 0.05) is 13.7 Å². The van der Waals surface area contributed by atoms with Crippen molar-refractivity contribution in [1.82, 2.24) is 20.3 Å². The Labute approximate surface area is 117 Å². The first-order chi connectivity index (χ1) is 9.52. The summed E-state index contributed by atoms with van der Waals surface area (Å²) >= 11 is 0. The normalized spacial score (nSPS) is 12.2. The lowest BCUT2D eigenvalue weighted by Crippen LogP contribution is -2.33. The molecule has 0 spiro atoms. The van der Waals surface area contributed by atoms with Crippen LogP contribution in [-0.4, -0.2) is 45.6 Å². The minimum atomic E-state index is -1.19. The molecule has 0 aliphatic carbocycles. The SMILES string of the molecule is CCCCNC(=O)C(C)n1nnc(C(=O)O)c1COC. The van der Waals surface area contributed by atoms with Crippen molar-refractivity contribution >= 4 is 11.9 Å². The van der Waals surface area contributed by atoms with Gasteiger partial charge < -0.3 is 15.2 Å². The molecule has 1 rings (SSSR count). The van der Waals surface area contributed by atoms with Crippen LogP contribution in [0.1, 0.15) is 48.9 Å². The smallest absolute Gasteiger partial charge is 0.358 e. The number of carbonyl (C=O) groups excluding carboxylic acids is 1. The Balaban J connectivity index is 2.88. The van der Waals surface area contributed by atoms with E-state index in [1.807, 2.05) is 6.92 Å². The summed E-state index contributed by atoms with van der Waals surface area (Å²) in [6.45, 7) is 4.28. The summed E-state index contributed by atoms with van der Waals surface area (Å²) < 4.78 is 6.24. The predicted molar refractivity (Wildman–Crippen MR) is 70.3 cm³/mol. The van der Waals surface area contributed by atoms with Gasteiger partial charge in [-0.15, -0.1) is 5.10 Å². The molecular weight excluding hydrogens is 264 g/mol. The molecule has 20 heavy (non-hydrogen) atoms. The Morgan fingerprint density at radius 3 is 2.75 bits per heavy atom. The third kappa shape index (κ3) is 3.77. The summed E-state index contributed by atoms with van der Waals surface area (Å²) in [4.78, 5) is 23.0. The second kappa shape index (κ2) is 7.59. The van der Waals surface area contributed by atoms with Crippen LogP contribution in [0.25, 0.3) is 0 Å². The van der Waals surface area contributed by atoms with Crippen LogP contribution < -0.4 is 5.32 Å². The Morgan fingerprint density at radius 2 is 2.20 bits per heavy atom. The minimum absolute atomic E-state index is 0.0290. The van der Waals surface area contributed by atoms with Crippen LogP contribution in [0.3, 0.4) is 0 Å². The highest BCUT2D eigenvalue weighted by Gasteiger charge is 2.25. The Morgan fingerprint density at radius 1 is 1.50 bits per heavy atom. The highest BCUT2D eigenvalue weighted by Crippen LogP contribution is 2.13. The number of rotatable bonds is 8. The molecule has 0 aromatic carbocycles. The van der Waals surface area contributed by atoms with Crippen LogP contribution in [0.15, 0.2) is 0 Å². The fraction of sp³-hybridized carbons (Fsp3) is 0.667. The van der Waals surface area contributed by atoms with Crippen molar-refractivity contribution in [3.8, 4) is 0 Å². The number of unbranched alkanes of at least 4 members (excludes halogenated alkanes) is 1. The van der Waals surface area contributed by atoms with Gasteiger partial charge in [-0.25, -0.2) is 9.48 Å². The van der Waals surface area contributed by atoms with E-state index in [4.69, 9.17) is 9.84 Å². The number of nitrogens with zero attached hydrogens (tertiary/aromatic N) is 3. The molecule has 2 N–H and O–H groups in total. The van der Waals surface area contributed by atoms with Gasteiger partial charge in [-0.2, -0.15) is 0 Å². The monoisotopic (exact) mass is 284 g/mol. The number of nitrogens with one attached hydrogen (secondary N) is 1. The molecule has 0 saturated heterocycles. The molecule has 0 aliphatic rings. The molecule has 1 aromatic heterocycles. The number of aromatic carboxylic acids is 1. The lowest BCUT2D eigenvalue weighted by Gasteiger charge is -2.14. The van der Waals surface area contributed by atoms with E-state index in [-0.39, 0.29) is 23.9 Å². The van der Waals surface area contributed by atoms with E-state index in [9.17, 15) is 9.59 Å². The quantitative estimate of drug-likeness (QED) is 0.677. The van der Waals surface area contributed by atoms with Crippen LogP contribution in [-0.2, 0) is 16.1 Å². The molecule has 1 atom stereocenters. The number of carboxylic acid groups (broad SMARTS) is 1. The maximum Gasteiger partial charge on any atom is 0.358 e. The van der Waals surface area contributed by atoms with E-state index < -0.39 is 12.0 Å². The molecule has 0 radical (unpaired) electrons. The fourth-order valence-electron chi connectivity index (χ4n) is 1.71. The second-order valence-electron chi connectivity index (χ2n) is 4.39. The molecule has 112 valence electrons.